The number of hydrogen-bond acceptors (Lipinski definition) is 6. The molecular formula is C13H24N4O2. The summed E-state index contributed by atoms with van der Waals surface area (Å²) in [4.78, 5) is 0. The van der Waals surface area contributed by atoms with E-state index in [1.165, 1.54) is 19.3 Å². The molecule has 0 atom stereocenters. The van der Waals surface area contributed by atoms with Crippen LogP contribution >= 0.6 is 0 Å². The zero-order valence-electron chi connectivity index (χ0n) is 11.9. The van der Waals surface area contributed by atoms with Crippen LogP contribution in [-0.4, -0.2) is 36.0 Å². The molecule has 0 aromatic carbocycles. The Morgan fingerprint density at radius 3 is 2.79 bits per heavy atom. The number of nitrogens with zero attached hydrogens (tertiary/aromatic N) is 2. The van der Waals surface area contributed by atoms with Crippen molar-refractivity contribution in [1.29, 1.82) is 0 Å². The van der Waals surface area contributed by atoms with Gasteiger partial charge in [-0.05, 0) is 19.8 Å². The van der Waals surface area contributed by atoms with Crippen molar-refractivity contribution in [1.82, 2.24) is 15.5 Å². The lowest BCUT2D eigenvalue weighted by atomic mass is 9.83. The van der Waals surface area contributed by atoms with Crippen LogP contribution in [0.1, 0.15) is 44.9 Å². The maximum absolute atomic E-state index is 5.60. The van der Waals surface area contributed by atoms with Crippen LogP contribution in [0.4, 0.5) is 6.01 Å². The van der Waals surface area contributed by atoms with E-state index < -0.39 is 0 Å². The Hall–Kier alpha value is -1.14. The lowest BCUT2D eigenvalue weighted by Crippen LogP contribution is -2.36. The molecule has 1 aliphatic carbocycles. The Morgan fingerprint density at radius 1 is 1.26 bits per heavy atom. The van der Waals surface area contributed by atoms with E-state index in [2.05, 4.69) is 27.8 Å². The van der Waals surface area contributed by atoms with Gasteiger partial charge in [-0.1, -0.05) is 24.4 Å². The number of rotatable bonds is 7. The lowest BCUT2D eigenvalue weighted by Gasteiger charge is -2.33. The molecule has 0 saturated heterocycles. The van der Waals surface area contributed by atoms with Crippen molar-refractivity contribution in [3.05, 3.63) is 5.89 Å². The second kappa shape index (κ2) is 6.86. The molecule has 108 valence electrons. The van der Waals surface area contributed by atoms with Gasteiger partial charge < -0.3 is 19.8 Å². The number of anilines is 1. The van der Waals surface area contributed by atoms with Gasteiger partial charge in [0.25, 0.3) is 0 Å². The largest absolute Gasteiger partial charge is 0.407 e. The third-order valence-electron chi connectivity index (χ3n) is 3.59. The minimum atomic E-state index is 0.103. The monoisotopic (exact) mass is 268 g/mol. The second-order valence-electron chi connectivity index (χ2n) is 5.42. The molecule has 0 radical (unpaired) electrons. The first-order valence-corrected chi connectivity index (χ1v) is 7.02. The van der Waals surface area contributed by atoms with Gasteiger partial charge in [0, 0.05) is 19.2 Å². The standard InChI is InChI=1S/C13H24N4O2/c1-13(6-4-3-5-7-13)15-12-17-16-11(19-12)10-14-8-9-18-2/h14H,3-10H2,1-2H3,(H,15,17). The van der Waals surface area contributed by atoms with Crippen molar-refractivity contribution in [3.8, 4) is 0 Å². The minimum absolute atomic E-state index is 0.103. The van der Waals surface area contributed by atoms with Gasteiger partial charge in [0.2, 0.25) is 5.89 Å². The predicted octanol–water partition coefficient (Wildman–Crippen LogP) is 1.94. The first-order valence-electron chi connectivity index (χ1n) is 7.02. The third-order valence-corrected chi connectivity index (χ3v) is 3.59. The average molecular weight is 268 g/mol. The summed E-state index contributed by atoms with van der Waals surface area (Å²) in [6.45, 7) is 4.26. The molecule has 19 heavy (non-hydrogen) atoms. The van der Waals surface area contributed by atoms with Gasteiger partial charge in [0.05, 0.1) is 13.2 Å². The van der Waals surface area contributed by atoms with Gasteiger partial charge in [0.15, 0.2) is 0 Å². The van der Waals surface area contributed by atoms with Crippen molar-refractivity contribution >= 4 is 6.01 Å². The summed E-state index contributed by atoms with van der Waals surface area (Å²) in [5.41, 5.74) is 0.103. The number of nitrogens with one attached hydrogen (secondary N) is 2. The highest BCUT2D eigenvalue weighted by molar-refractivity contribution is 5.23. The predicted molar refractivity (Wildman–Crippen MR) is 73.0 cm³/mol. The second-order valence-corrected chi connectivity index (χ2v) is 5.42. The van der Waals surface area contributed by atoms with Gasteiger partial charge in [-0.2, -0.15) is 0 Å². The average Bonchev–Trinajstić information content (AvgIpc) is 2.82. The van der Waals surface area contributed by atoms with Crippen LogP contribution in [0.5, 0.6) is 0 Å². The van der Waals surface area contributed by atoms with Crippen molar-refractivity contribution in [2.75, 3.05) is 25.6 Å². The fourth-order valence-electron chi connectivity index (χ4n) is 2.46. The van der Waals surface area contributed by atoms with Gasteiger partial charge >= 0.3 is 6.01 Å². The zero-order chi connectivity index (χ0) is 13.6. The number of ether oxygens (including phenoxy) is 1. The van der Waals surface area contributed by atoms with Crippen molar-refractivity contribution in [2.45, 2.75) is 51.1 Å². The molecule has 1 aromatic rings. The summed E-state index contributed by atoms with van der Waals surface area (Å²) in [6.07, 6.45) is 6.19. The molecule has 0 aliphatic heterocycles. The van der Waals surface area contributed by atoms with E-state index in [9.17, 15) is 0 Å². The summed E-state index contributed by atoms with van der Waals surface area (Å²) >= 11 is 0. The van der Waals surface area contributed by atoms with Gasteiger partial charge in [0.1, 0.15) is 0 Å². The van der Waals surface area contributed by atoms with E-state index >= 15 is 0 Å². The molecule has 0 spiro atoms. The van der Waals surface area contributed by atoms with Crippen LogP contribution in [0.25, 0.3) is 0 Å². The Morgan fingerprint density at radius 2 is 2.05 bits per heavy atom. The molecule has 1 fully saturated rings. The molecule has 0 bridgehead atoms. The van der Waals surface area contributed by atoms with Crippen molar-refractivity contribution < 1.29 is 9.15 Å². The Labute approximate surface area is 114 Å². The zero-order valence-corrected chi connectivity index (χ0v) is 11.9. The summed E-state index contributed by atoms with van der Waals surface area (Å²) < 4.78 is 10.6. The Kier molecular flexibility index (Phi) is 5.15. The summed E-state index contributed by atoms with van der Waals surface area (Å²) in [5.74, 6) is 0.609. The van der Waals surface area contributed by atoms with Gasteiger partial charge in [-0.15, -0.1) is 5.10 Å². The highest BCUT2D eigenvalue weighted by atomic mass is 16.5. The van der Waals surface area contributed by atoms with E-state index in [1.54, 1.807) is 7.11 Å². The highest BCUT2D eigenvalue weighted by Crippen LogP contribution is 2.30. The number of methoxy groups -OCH3 is 1. The SMILES string of the molecule is COCCNCc1nnc(NC2(C)CCCCC2)o1. The number of aromatic nitrogens is 2. The van der Waals surface area contributed by atoms with Crippen LogP contribution < -0.4 is 10.6 Å². The van der Waals surface area contributed by atoms with Crippen LogP contribution in [0, 0.1) is 0 Å². The van der Waals surface area contributed by atoms with E-state index in [0.717, 1.165) is 19.4 Å². The van der Waals surface area contributed by atoms with Gasteiger partial charge in [-0.25, -0.2) is 0 Å². The maximum Gasteiger partial charge on any atom is 0.315 e. The molecule has 2 rings (SSSR count). The van der Waals surface area contributed by atoms with Gasteiger partial charge in [-0.3, -0.25) is 0 Å². The van der Waals surface area contributed by atoms with E-state index in [4.69, 9.17) is 9.15 Å². The first-order chi connectivity index (χ1) is 9.22. The summed E-state index contributed by atoms with van der Waals surface area (Å²) in [7, 11) is 1.68. The van der Waals surface area contributed by atoms with Crippen LogP contribution in [-0.2, 0) is 11.3 Å². The number of hydrogen-bond donors (Lipinski definition) is 2. The third kappa shape index (κ3) is 4.47. The quantitative estimate of drug-likeness (QED) is 0.736. The van der Waals surface area contributed by atoms with E-state index in [-0.39, 0.29) is 5.54 Å². The highest BCUT2D eigenvalue weighted by Gasteiger charge is 2.28. The minimum Gasteiger partial charge on any atom is -0.407 e. The Bertz CT molecular complexity index is 374. The first kappa shape index (κ1) is 14.3. The van der Waals surface area contributed by atoms with Crippen molar-refractivity contribution in [3.63, 3.8) is 0 Å². The molecule has 6 nitrogen and oxygen atoms in total. The molecule has 1 aliphatic rings. The molecule has 1 aromatic heterocycles. The molecule has 2 N–H and O–H groups in total. The fourth-order valence-corrected chi connectivity index (χ4v) is 2.46. The van der Waals surface area contributed by atoms with Crippen LogP contribution in [0.2, 0.25) is 0 Å². The maximum atomic E-state index is 5.60. The van der Waals surface area contributed by atoms with E-state index in [0.29, 0.717) is 25.1 Å². The summed E-state index contributed by atoms with van der Waals surface area (Å²) in [6, 6.07) is 0.535. The normalized spacial score (nSPS) is 18.4. The molecule has 1 saturated carbocycles. The van der Waals surface area contributed by atoms with Crippen molar-refractivity contribution in [2.24, 2.45) is 0 Å². The molecule has 6 heteroatoms. The summed E-state index contributed by atoms with van der Waals surface area (Å²) in [5, 5.41) is 14.6. The Balaban J connectivity index is 1.79. The fraction of sp³-hybridized carbons (Fsp3) is 0.846. The molecule has 0 unspecified atom stereocenters. The lowest BCUT2D eigenvalue weighted by molar-refractivity contribution is 0.198. The molecule has 1 heterocycles. The molecule has 0 amide bonds. The van der Waals surface area contributed by atoms with E-state index in [1.807, 2.05) is 0 Å². The topological polar surface area (TPSA) is 72.2 Å². The smallest absolute Gasteiger partial charge is 0.315 e. The van der Waals surface area contributed by atoms with Crippen LogP contribution in [0.15, 0.2) is 4.42 Å². The van der Waals surface area contributed by atoms with Crippen LogP contribution in [0.3, 0.4) is 0 Å². The molecular weight excluding hydrogens is 244 g/mol.